The van der Waals surface area contributed by atoms with E-state index in [-0.39, 0.29) is 35.0 Å². The highest BCUT2D eigenvalue weighted by Crippen LogP contribution is 2.35. The second-order valence-corrected chi connectivity index (χ2v) is 9.55. The highest BCUT2D eigenvalue weighted by molar-refractivity contribution is 6.08. The maximum atomic E-state index is 13.7. The molecule has 0 aliphatic carbocycles. The average Bonchev–Trinajstić information content (AvgIpc) is 3.60. The molecule has 3 heterocycles. The van der Waals surface area contributed by atoms with Gasteiger partial charge in [0.2, 0.25) is 0 Å². The van der Waals surface area contributed by atoms with Gasteiger partial charge in [0.15, 0.2) is 12.2 Å². The van der Waals surface area contributed by atoms with E-state index in [0.717, 1.165) is 37.1 Å². The van der Waals surface area contributed by atoms with Gasteiger partial charge in [-0.25, -0.2) is 9.97 Å². The van der Waals surface area contributed by atoms with Gasteiger partial charge >= 0.3 is 6.18 Å². The number of carbonyl (C=O) groups is 1. The van der Waals surface area contributed by atoms with E-state index < -0.39 is 17.6 Å². The third-order valence-electron chi connectivity index (χ3n) is 6.40. The molecule has 0 radical (unpaired) electrons. The van der Waals surface area contributed by atoms with Gasteiger partial charge in [0.25, 0.3) is 5.91 Å². The summed E-state index contributed by atoms with van der Waals surface area (Å²) in [5.41, 5.74) is 0.242. The zero-order chi connectivity index (χ0) is 27.5. The molecule has 2 aromatic heterocycles. The maximum Gasteiger partial charge on any atom is 0.416 e. The topological polar surface area (TPSA) is 101 Å². The van der Waals surface area contributed by atoms with Crippen LogP contribution in [0.3, 0.4) is 0 Å². The van der Waals surface area contributed by atoms with Crippen LogP contribution in [-0.2, 0) is 6.18 Å². The second kappa shape index (κ2) is 10.8. The highest BCUT2D eigenvalue weighted by Gasteiger charge is 2.33. The van der Waals surface area contributed by atoms with Gasteiger partial charge in [-0.05, 0) is 62.7 Å². The molecule has 1 saturated heterocycles. The first-order valence-electron chi connectivity index (χ1n) is 12.3. The molecule has 39 heavy (non-hydrogen) atoms. The van der Waals surface area contributed by atoms with Crippen LogP contribution in [0.15, 0.2) is 77.8 Å². The van der Waals surface area contributed by atoms with Crippen LogP contribution >= 0.6 is 0 Å². The molecule has 1 amide bonds. The summed E-state index contributed by atoms with van der Waals surface area (Å²) in [6.07, 6.45) is 1.61. The molecule has 1 atom stereocenters. The normalized spacial score (nSPS) is 17.1. The number of nitrogens with one attached hydrogen (secondary N) is 3. The summed E-state index contributed by atoms with van der Waals surface area (Å²) in [6, 6.07) is 13.5. The van der Waals surface area contributed by atoms with Crippen molar-refractivity contribution in [2.45, 2.75) is 31.5 Å². The Labute approximate surface area is 222 Å². The Morgan fingerprint density at radius 2 is 2.03 bits per heavy atom. The number of benzene rings is 2. The number of hydrogen-bond donors (Lipinski definition) is 3. The molecule has 0 unspecified atom stereocenters. The SMILES string of the molecule is C[C@]1(COc2cc(NC(=O)c3cccnc3Nc3cccc(-c4cnco4)c3)cc(C(F)(F)F)c2)CCCN1. The van der Waals surface area contributed by atoms with Crippen molar-refractivity contribution >= 4 is 23.1 Å². The monoisotopic (exact) mass is 537 g/mol. The fraction of sp³-hybridized carbons (Fsp3) is 0.250. The number of carbonyl (C=O) groups excluding carboxylic acids is 1. The zero-order valence-electron chi connectivity index (χ0n) is 21.0. The number of anilines is 3. The van der Waals surface area contributed by atoms with Crippen LogP contribution < -0.4 is 20.7 Å². The van der Waals surface area contributed by atoms with Crippen molar-refractivity contribution in [1.29, 1.82) is 0 Å². The molecule has 8 nitrogen and oxygen atoms in total. The Morgan fingerprint density at radius 3 is 2.77 bits per heavy atom. The number of halogens is 3. The quantitative estimate of drug-likeness (QED) is 0.243. The third-order valence-corrected chi connectivity index (χ3v) is 6.40. The van der Waals surface area contributed by atoms with Gasteiger partial charge in [0.05, 0.1) is 17.3 Å². The van der Waals surface area contributed by atoms with Crippen LogP contribution in [0.25, 0.3) is 11.3 Å². The summed E-state index contributed by atoms with van der Waals surface area (Å²) in [7, 11) is 0. The minimum atomic E-state index is -4.62. The number of pyridine rings is 1. The fourth-order valence-corrected chi connectivity index (χ4v) is 4.37. The molecule has 1 aliphatic heterocycles. The molecule has 11 heteroatoms. The fourth-order valence-electron chi connectivity index (χ4n) is 4.37. The highest BCUT2D eigenvalue weighted by atomic mass is 19.4. The Balaban J connectivity index is 1.37. The maximum absolute atomic E-state index is 13.7. The molecule has 1 aliphatic rings. The first kappa shape index (κ1) is 26.2. The molecule has 2 aromatic carbocycles. The smallest absolute Gasteiger partial charge is 0.416 e. The van der Waals surface area contributed by atoms with Crippen molar-refractivity contribution in [1.82, 2.24) is 15.3 Å². The first-order chi connectivity index (χ1) is 18.7. The summed E-state index contributed by atoms with van der Waals surface area (Å²) >= 11 is 0. The van der Waals surface area contributed by atoms with Gasteiger partial charge in [0.1, 0.15) is 18.2 Å². The van der Waals surface area contributed by atoms with Gasteiger partial charge in [-0.15, -0.1) is 0 Å². The van der Waals surface area contributed by atoms with Gasteiger partial charge in [-0.1, -0.05) is 12.1 Å². The van der Waals surface area contributed by atoms with E-state index in [0.29, 0.717) is 11.4 Å². The summed E-state index contributed by atoms with van der Waals surface area (Å²) < 4.78 is 52.0. The Bertz CT molecular complexity index is 1450. The molecule has 3 N–H and O–H groups in total. The lowest BCUT2D eigenvalue weighted by Gasteiger charge is -2.25. The van der Waals surface area contributed by atoms with Gasteiger partial charge < -0.3 is 25.1 Å². The lowest BCUT2D eigenvalue weighted by Crippen LogP contribution is -2.42. The summed E-state index contributed by atoms with van der Waals surface area (Å²) in [5, 5.41) is 8.98. The van der Waals surface area contributed by atoms with E-state index in [4.69, 9.17) is 9.15 Å². The number of oxazole rings is 1. The Morgan fingerprint density at radius 1 is 1.15 bits per heavy atom. The number of alkyl halides is 3. The van der Waals surface area contributed by atoms with Crippen molar-refractivity contribution in [3.05, 3.63) is 84.5 Å². The minimum Gasteiger partial charge on any atom is -0.492 e. The number of rotatable bonds is 8. The van der Waals surface area contributed by atoms with Crippen molar-refractivity contribution in [2.24, 2.45) is 0 Å². The van der Waals surface area contributed by atoms with E-state index in [9.17, 15) is 18.0 Å². The van der Waals surface area contributed by atoms with Crippen LogP contribution in [0.5, 0.6) is 5.75 Å². The van der Waals surface area contributed by atoms with E-state index in [1.54, 1.807) is 30.5 Å². The molecule has 4 aromatic rings. The molecule has 0 spiro atoms. The molecule has 0 bridgehead atoms. The molecule has 5 rings (SSSR count). The van der Waals surface area contributed by atoms with Gasteiger partial charge in [-0.3, -0.25) is 4.79 Å². The number of hydrogen-bond acceptors (Lipinski definition) is 7. The minimum absolute atomic E-state index is 0.0174. The number of ether oxygens (including phenoxy) is 1. The van der Waals surface area contributed by atoms with Crippen LogP contribution in [0, 0.1) is 0 Å². The van der Waals surface area contributed by atoms with Crippen molar-refractivity contribution in [3.63, 3.8) is 0 Å². The van der Waals surface area contributed by atoms with Crippen LogP contribution in [0.1, 0.15) is 35.7 Å². The van der Waals surface area contributed by atoms with Crippen molar-refractivity contribution < 1.29 is 27.1 Å². The molecular formula is C28H26F3N5O3. The first-order valence-corrected chi connectivity index (χ1v) is 12.3. The van der Waals surface area contributed by atoms with Crippen molar-refractivity contribution in [2.75, 3.05) is 23.8 Å². The number of aromatic nitrogens is 2. The van der Waals surface area contributed by atoms with Crippen LogP contribution in [0.4, 0.5) is 30.4 Å². The summed E-state index contributed by atoms with van der Waals surface area (Å²) in [6.45, 7) is 3.00. The predicted molar refractivity (Wildman–Crippen MR) is 140 cm³/mol. The molecule has 0 saturated carbocycles. The van der Waals surface area contributed by atoms with E-state index in [2.05, 4.69) is 25.9 Å². The molecular weight excluding hydrogens is 511 g/mol. The number of amides is 1. The standard InChI is InChI=1S/C28H26F3N5O3/c1-27(8-4-10-34-27)16-38-22-13-19(28(29,30)31)12-21(14-22)36-26(37)23-7-3-9-33-25(23)35-20-6-2-5-18(11-20)24-15-32-17-39-24/h2-3,5-7,9,11-15,17,34H,4,8,10,16H2,1H3,(H,33,35)(H,36,37)/t27-/m1/s1. The third kappa shape index (κ3) is 6.37. The molecule has 202 valence electrons. The Hall–Kier alpha value is -4.38. The zero-order valence-corrected chi connectivity index (χ0v) is 21.0. The lowest BCUT2D eigenvalue weighted by atomic mass is 10.0. The van der Waals surface area contributed by atoms with Gasteiger partial charge in [-0.2, -0.15) is 13.2 Å². The number of nitrogens with zero attached hydrogens (tertiary/aromatic N) is 2. The second-order valence-electron chi connectivity index (χ2n) is 9.55. The van der Waals surface area contributed by atoms with E-state index in [1.165, 1.54) is 24.7 Å². The van der Waals surface area contributed by atoms with Crippen LogP contribution in [-0.4, -0.2) is 34.6 Å². The van der Waals surface area contributed by atoms with Crippen molar-refractivity contribution in [3.8, 4) is 17.1 Å². The Kier molecular flexibility index (Phi) is 7.25. The lowest BCUT2D eigenvalue weighted by molar-refractivity contribution is -0.137. The van der Waals surface area contributed by atoms with Gasteiger partial charge in [0, 0.05) is 34.7 Å². The van der Waals surface area contributed by atoms with E-state index >= 15 is 0 Å². The summed E-state index contributed by atoms with van der Waals surface area (Å²) in [5.74, 6) is 0.182. The average molecular weight is 538 g/mol. The summed E-state index contributed by atoms with van der Waals surface area (Å²) in [4.78, 5) is 21.4. The largest absolute Gasteiger partial charge is 0.492 e. The predicted octanol–water partition coefficient (Wildman–Crippen LogP) is 6.27. The van der Waals surface area contributed by atoms with Crippen LogP contribution in [0.2, 0.25) is 0 Å². The molecule has 1 fully saturated rings. The van der Waals surface area contributed by atoms with E-state index in [1.807, 2.05) is 13.0 Å².